The first-order valence-electron chi connectivity index (χ1n) is 5.34. The summed E-state index contributed by atoms with van der Waals surface area (Å²) in [6, 6.07) is 1.52. The number of carboxylic acids is 1. The molecule has 0 bridgehead atoms. The number of carbonyl (C=O) groups excluding carboxylic acids is 1. The predicted octanol–water partition coefficient (Wildman–Crippen LogP) is 1.33. The van der Waals surface area contributed by atoms with Crippen molar-refractivity contribution in [3.63, 3.8) is 0 Å². The molecule has 0 fully saturated rings. The van der Waals surface area contributed by atoms with Crippen LogP contribution >= 0.6 is 0 Å². The third kappa shape index (κ3) is 3.47. The van der Waals surface area contributed by atoms with Gasteiger partial charge in [0.15, 0.2) is 0 Å². The standard InChI is InChI=1S/C11H11FN2O5/c1-2-8(11(16)17)13-10(15)6-3-4-9(14(18)19)7(12)5-6/h3-5,8H,2H2,1H3,(H,13,15)(H,16,17). The Hall–Kier alpha value is -2.51. The fraction of sp³-hybridized carbons (Fsp3) is 0.273. The number of nitro benzene ring substituents is 1. The van der Waals surface area contributed by atoms with Gasteiger partial charge in [-0.1, -0.05) is 6.92 Å². The fourth-order valence-corrected chi connectivity index (χ4v) is 1.38. The maximum Gasteiger partial charge on any atom is 0.326 e. The molecule has 0 spiro atoms. The Morgan fingerprint density at radius 1 is 1.53 bits per heavy atom. The van der Waals surface area contributed by atoms with Crippen molar-refractivity contribution in [3.05, 3.63) is 39.7 Å². The number of hydrogen-bond acceptors (Lipinski definition) is 4. The first kappa shape index (κ1) is 14.6. The number of aliphatic carboxylic acids is 1. The van der Waals surface area contributed by atoms with E-state index in [9.17, 15) is 24.1 Å². The molecule has 19 heavy (non-hydrogen) atoms. The minimum Gasteiger partial charge on any atom is -0.480 e. The zero-order chi connectivity index (χ0) is 14.6. The second-order valence-electron chi connectivity index (χ2n) is 3.70. The van der Waals surface area contributed by atoms with Crippen LogP contribution in [-0.2, 0) is 4.79 Å². The fourth-order valence-electron chi connectivity index (χ4n) is 1.38. The minimum atomic E-state index is -1.21. The van der Waals surface area contributed by atoms with E-state index in [1.807, 2.05) is 0 Å². The van der Waals surface area contributed by atoms with E-state index in [1.165, 1.54) is 0 Å². The van der Waals surface area contributed by atoms with Crippen LogP contribution in [0.1, 0.15) is 23.7 Å². The van der Waals surface area contributed by atoms with Crippen molar-refractivity contribution in [2.45, 2.75) is 19.4 Å². The Labute approximate surface area is 107 Å². The van der Waals surface area contributed by atoms with Gasteiger partial charge in [-0.2, -0.15) is 4.39 Å². The molecule has 1 amide bonds. The molecule has 0 aromatic heterocycles. The van der Waals surface area contributed by atoms with Crippen LogP contribution in [0.4, 0.5) is 10.1 Å². The number of carbonyl (C=O) groups is 2. The van der Waals surface area contributed by atoms with Crippen LogP contribution in [-0.4, -0.2) is 27.9 Å². The van der Waals surface area contributed by atoms with Crippen LogP contribution in [0.5, 0.6) is 0 Å². The van der Waals surface area contributed by atoms with E-state index in [-0.39, 0.29) is 12.0 Å². The summed E-state index contributed by atoms with van der Waals surface area (Å²) in [4.78, 5) is 31.9. The lowest BCUT2D eigenvalue weighted by Crippen LogP contribution is -2.40. The van der Waals surface area contributed by atoms with Gasteiger partial charge in [-0.15, -0.1) is 0 Å². The zero-order valence-electron chi connectivity index (χ0n) is 9.92. The quantitative estimate of drug-likeness (QED) is 0.619. The van der Waals surface area contributed by atoms with E-state index < -0.39 is 34.3 Å². The molecule has 102 valence electrons. The van der Waals surface area contributed by atoms with Crippen molar-refractivity contribution in [1.82, 2.24) is 5.32 Å². The average Bonchev–Trinajstić information content (AvgIpc) is 2.34. The van der Waals surface area contributed by atoms with Crippen LogP contribution in [0.25, 0.3) is 0 Å². The number of hydrogen-bond donors (Lipinski definition) is 2. The highest BCUT2D eigenvalue weighted by molar-refractivity contribution is 5.96. The molecule has 7 nitrogen and oxygen atoms in total. The molecule has 1 rings (SSSR count). The molecular formula is C11H11FN2O5. The van der Waals surface area contributed by atoms with Crippen molar-refractivity contribution in [3.8, 4) is 0 Å². The molecule has 1 atom stereocenters. The molecule has 0 saturated heterocycles. The normalized spacial score (nSPS) is 11.7. The van der Waals surface area contributed by atoms with Crippen LogP contribution in [0.3, 0.4) is 0 Å². The average molecular weight is 270 g/mol. The maximum atomic E-state index is 13.3. The summed E-state index contributed by atoms with van der Waals surface area (Å²) in [5.41, 5.74) is -0.926. The first-order chi connectivity index (χ1) is 8.86. The molecule has 0 aliphatic rings. The molecule has 1 aromatic carbocycles. The van der Waals surface area contributed by atoms with Gasteiger partial charge in [0.2, 0.25) is 5.82 Å². The number of nitrogens with one attached hydrogen (secondary N) is 1. The van der Waals surface area contributed by atoms with Gasteiger partial charge >= 0.3 is 11.7 Å². The van der Waals surface area contributed by atoms with Gasteiger partial charge in [0.25, 0.3) is 5.91 Å². The van der Waals surface area contributed by atoms with Gasteiger partial charge in [0.05, 0.1) is 4.92 Å². The van der Waals surface area contributed by atoms with Gasteiger partial charge in [0, 0.05) is 11.6 Å². The van der Waals surface area contributed by atoms with E-state index in [1.54, 1.807) is 6.92 Å². The van der Waals surface area contributed by atoms with Crippen molar-refractivity contribution in [2.75, 3.05) is 0 Å². The van der Waals surface area contributed by atoms with E-state index >= 15 is 0 Å². The monoisotopic (exact) mass is 270 g/mol. The Kier molecular flexibility index (Phi) is 4.51. The number of benzene rings is 1. The number of amides is 1. The third-order valence-corrected chi connectivity index (χ3v) is 2.42. The van der Waals surface area contributed by atoms with Crippen LogP contribution in [0.2, 0.25) is 0 Å². The van der Waals surface area contributed by atoms with E-state index in [0.29, 0.717) is 6.07 Å². The maximum absolute atomic E-state index is 13.3. The molecule has 2 N–H and O–H groups in total. The lowest BCUT2D eigenvalue weighted by Gasteiger charge is -2.12. The summed E-state index contributed by atoms with van der Waals surface area (Å²) < 4.78 is 13.3. The lowest BCUT2D eigenvalue weighted by atomic mass is 10.1. The number of halogens is 1. The SMILES string of the molecule is CCC(NC(=O)c1ccc([N+](=O)[O-])c(F)c1)C(=O)O. The van der Waals surface area contributed by atoms with Crippen molar-refractivity contribution < 1.29 is 24.0 Å². The summed E-state index contributed by atoms with van der Waals surface area (Å²) in [6.07, 6.45) is 0.163. The van der Waals surface area contributed by atoms with E-state index in [0.717, 1.165) is 12.1 Å². The topological polar surface area (TPSA) is 110 Å². The molecular weight excluding hydrogens is 259 g/mol. The number of carboxylic acid groups (broad SMARTS) is 1. The first-order valence-corrected chi connectivity index (χ1v) is 5.34. The Bertz CT molecular complexity index is 532. The second-order valence-corrected chi connectivity index (χ2v) is 3.70. The number of rotatable bonds is 5. The summed E-state index contributed by atoms with van der Waals surface area (Å²) in [7, 11) is 0. The number of nitro groups is 1. The highest BCUT2D eigenvalue weighted by Crippen LogP contribution is 2.18. The smallest absolute Gasteiger partial charge is 0.326 e. The van der Waals surface area contributed by atoms with Crippen LogP contribution in [0, 0.1) is 15.9 Å². The third-order valence-electron chi connectivity index (χ3n) is 2.42. The van der Waals surface area contributed by atoms with Crippen LogP contribution in [0.15, 0.2) is 18.2 Å². The largest absolute Gasteiger partial charge is 0.480 e. The van der Waals surface area contributed by atoms with Gasteiger partial charge in [0.1, 0.15) is 6.04 Å². The van der Waals surface area contributed by atoms with Gasteiger partial charge in [-0.05, 0) is 18.6 Å². The minimum absolute atomic E-state index is 0.163. The van der Waals surface area contributed by atoms with Crippen molar-refractivity contribution in [2.24, 2.45) is 0 Å². The summed E-state index contributed by atoms with van der Waals surface area (Å²) in [5, 5.41) is 21.3. The molecule has 0 radical (unpaired) electrons. The molecule has 0 aliphatic carbocycles. The highest BCUT2D eigenvalue weighted by Gasteiger charge is 2.21. The number of nitrogens with zero attached hydrogens (tertiary/aromatic N) is 1. The summed E-state index contributed by atoms with van der Waals surface area (Å²) >= 11 is 0. The van der Waals surface area contributed by atoms with E-state index in [2.05, 4.69) is 5.32 Å². The molecule has 0 heterocycles. The molecule has 1 unspecified atom stereocenters. The molecule has 1 aromatic rings. The Morgan fingerprint density at radius 3 is 2.58 bits per heavy atom. The van der Waals surface area contributed by atoms with Gasteiger partial charge in [-0.3, -0.25) is 14.9 Å². The highest BCUT2D eigenvalue weighted by atomic mass is 19.1. The molecule has 8 heteroatoms. The molecule has 0 aliphatic heterocycles. The Balaban J connectivity index is 2.92. The summed E-state index contributed by atoms with van der Waals surface area (Å²) in [6.45, 7) is 1.56. The van der Waals surface area contributed by atoms with Gasteiger partial charge < -0.3 is 10.4 Å². The van der Waals surface area contributed by atoms with Crippen molar-refractivity contribution >= 4 is 17.6 Å². The Morgan fingerprint density at radius 2 is 2.16 bits per heavy atom. The van der Waals surface area contributed by atoms with Gasteiger partial charge in [-0.25, -0.2) is 4.79 Å². The summed E-state index contributed by atoms with van der Waals surface area (Å²) in [5.74, 6) is -3.16. The van der Waals surface area contributed by atoms with Crippen LogP contribution < -0.4 is 5.32 Å². The lowest BCUT2D eigenvalue weighted by molar-refractivity contribution is -0.387. The second kappa shape index (κ2) is 5.89. The van der Waals surface area contributed by atoms with Crippen molar-refractivity contribution in [1.29, 1.82) is 0 Å². The zero-order valence-corrected chi connectivity index (χ0v) is 9.92. The van der Waals surface area contributed by atoms with E-state index in [4.69, 9.17) is 5.11 Å². The predicted molar refractivity (Wildman–Crippen MR) is 62.2 cm³/mol. The molecule has 0 saturated carbocycles.